The van der Waals surface area contributed by atoms with Crippen LogP contribution in [-0.4, -0.2) is 31.6 Å². The van der Waals surface area contributed by atoms with Gasteiger partial charge in [-0.15, -0.1) is 10.2 Å². The van der Waals surface area contributed by atoms with Crippen molar-refractivity contribution in [3.63, 3.8) is 0 Å². The molecule has 2 aromatic rings. The Labute approximate surface area is 115 Å². The molecule has 106 valence electrons. The number of rotatable bonds is 5. The first-order chi connectivity index (χ1) is 9.47. The number of aromatic nitrogens is 3. The Morgan fingerprint density at radius 2 is 2.05 bits per heavy atom. The zero-order chi connectivity index (χ0) is 14.7. The molecule has 2 rings (SSSR count). The summed E-state index contributed by atoms with van der Waals surface area (Å²) in [6, 6.07) is 3.47. The molecule has 20 heavy (non-hydrogen) atoms. The van der Waals surface area contributed by atoms with Crippen LogP contribution in [0.25, 0.3) is 5.65 Å². The van der Waals surface area contributed by atoms with E-state index >= 15 is 0 Å². The first-order valence-electron chi connectivity index (χ1n) is 6.33. The molecule has 0 saturated carbocycles. The molecule has 0 unspecified atom stereocenters. The Hall–Kier alpha value is -2.44. The van der Waals surface area contributed by atoms with Gasteiger partial charge in [0.15, 0.2) is 5.65 Å². The Balaban J connectivity index is 2.16. The van der Waals surface area contributed by atoms with Crippen LogP contribution in [-0.2, 0) is 9.59 Å². The highest BCUT2D eigenvalue weighted by atomic mass is 16.4. The molecule has 1 amide bonds. The molecule has 2 heterocycles. The van der Waals surface area contributed by atoms with Gasteiger partial charge in [0, 0.05) is 18.5 Å². The molecule has 0 aliphatic carbocycles. The number of anilines is 1. The smallest absolute Gasteiger partial charge is 0.303 e. The molecule has 0 aliphatic rings. The number of amides is 1. The number of carboxylic acid groups (broad SMARTS) is 1. The van der Waals surface area contributed by atoms with Gasteiger partial charge in [-0.1, -0.05) is 13.8 Å². The van der Waals surface area contributed by atoms with Crippen molar-refractivity contribution in [2.24, 2.45) is 0 Å². The van der Waals surface area contributed by atoms with E-state index < -0.39 is 5.97 Å². The Morgan fingerprint density at radius 3 is 2.70 bits per heavy atom. The molecule has 2 aromatic heterocycles. The third-order valence-corrected chi connectivity index (χ3v) is 2.79. The monoisotopic (exact) mass is 276 g/mol. The van der Waals surface area contributed by atoms with Crippen LogP contribution in [0.1, 0.15) is 38.4 Å². The fraction of sp³-hybridized carbons (Fsp3) is 0.385. The van der Waals surface area contributed by atoms with E-state index in [1.165, 1.54) is 0 Å². The Bertz CT molecular complexity index is 648. The molecule has 0 aromatic carbocycles. The van der Waals surface area contributed by atoms with Crippen LogP contribution in [0, 0.1) is 0 Å². The number of carbonyl (C=O) groups excluding carboxylic acids is 1. The zero-order valence-corrected chi connectivity index (χ0v) is 11.3. The van der Waals surface area contributed by atoms with E-state index in [1.807, 2.05) is 18.2 Å². The standard InChI is InChI=1S/C13H16N4O3/c1-8(2)13-16-15-10-4-3-9(7-17(10)13)14-11(18)5-6-12(19)20/h3-4,7-8H,5-6H2,1-2H3,(H,14,18)(H,19,20). The molecule has 0 fully saturated rings. The number of carbonyl (C=O) groups is 2. The van der Waals surface area contributed by atoms with Gasteiger partial charge in [-0.3, -0.25) is 14.0 Å². The van der Waals surface area contributed by atoms with Crippen molar-refractivity contribution in [2.75, 3.05) is 5.32 Å². The molecule has 0 saturated heterocycles. The highest BCUT2D eigenvalue weighted by molar-refractivity contribution is 5.92. The average Bonchev–Trinajstić information content (AvgIpc) is 2.79. The maximum atomic E-state index is 11.6. The SMILES string of the molecule is CC(C)c1nnc2ccc(NC(=O)CCC(=O)O)cn12. The number of fused-ring (bicyclic) bond motifs is 1. The van der Waals surface area contributed by atoms with Crippen molar-refractivity contribution < 1.29 is 14.7 Å². The molecular formula is C13H16N4O3. The fourth-order valence-corrected chi connectivity index (χ4v) is 1.82. The van der Waals surface area contributed by atoms with E-state index in [4.69, 9.17) is 5.11 Å². The molecule has 0 spiro atoms. The summed E-state index contributed by atoms with van der Waals surface area (Å²) >= 11 is 0. The fourth-order valence-electron chi connectivity index (χ4n) is 1.82. The van der Waals surface area contributed by atoms with Crippen molar-refractivity contribution in [2.45, 2.75) is 32.6 Å². The maximum Gasteiger partial charge on any atom is 0.303 e. The van der Waals surface area contributed by atoms with Crippen LogP contribution in [0.5, 0.6) is 0 Å². The predicted molar refractivity (Wildman–Crippen MR) is 72.6 cm³/mol. The minimum absolute atomic E-state index is 0.0490. The van der Waals surface area contributed by atoms with E-state index in [-0.39, 0.29) is 24.7 Å². The second kappa shape index (κ2) is 5.68. The van der Waals surface area contributed by atoms with Crippen LogP contribution in [0.15, 0.2) is 18.3 Å². The topological polar surface area (TPSA) is 96.6 Å². The van der Waals surface area contributed by atoms with Crippen LogP contribution in [0.2, 0.25) is 0 Å². The number of carboxylic acids is 1. The largest absolute Gasteiger partial charge is 0.481 e. The second-order valence-corrected chi connectivity index (χ2v) is 4.80. The van der Waals surface area contributed by atoms with Gasteiger partial charge < -0.3 is 10.4 Å². The van der Waals surface area contributed by atoms with Gasteiger partial charge in [0.1, 0.15) is 5.82 Å². The number of hydrogen-bond acceptors (Lipinski definition) is 4. The lowest BCUT2D eigenvalue weighted by Crippen LogP contribution is -2.13. The summed E-state index contributed by atoms with van der Waals surface area (Å²) in [5.74, 6) is -0.299. The van der Waals surface area contributed by atoms with Crippen molar-refractivity contribution in [3.05, 3.63) is 24.2 Å². The van der Waals surface area contributed by atoms with Crippen LogP contribution in [0.3, 0.4) is 0 Å². The normalized spacial score (nSPS) is 10.9. The van der Waals surface area contributed by atoms with Gasteiger partial charge in [-0.25, -0.2) is 0 Å². The van der Waals surface area contributed by atoms with E-state index in [0.717, 1.165) is 5.82 Å². The lowest BCUT2D eigenvalue weighted by atomic mass is 10.2. The van der Waals surface area contributed by atoms with Gasteiger partial charge in [-0.05, 0) is 12.1 Å². The molecule has 7 heteroatoms. The number of pyridine rings is 1. The van der Waals surface area contributed by atoms with Crippen molar-refractivity contribution in [1.29, 1.82) is 0 Å². The van der Waals surface area contributed by atoms with Crippen molar-refractivity contribution >= 4 is 23.2 Å². The van der Waals surface area contributed by atoms with Crippen molar-refractivity contribution in [3.8, 4) is 0 Å². The molecule has 0 bridgehead atoms. The quantitative estimate of drug-likeness (QED) is 0.865. The Morgan fingerprint density at radius 1 is 1.30 bits per heavy atom. The van der Waals surface area contributed by atoms with Gasteiger partial charge in [0.2, 0.25) is 5.91 Å². The lowest BCUT2D eigenvalue weighted by Gasteiger charge is -2.07. The number of nitrogens with zero attached hydrogens (tertiary/aromatic N) is 3. The van der Waals surface area contributed by atoms with Gasteiger partial charge >= 0.3 is 5.97 Å². The maximum absolute atomic E-state index is 11.6. The molecule has 0 aliphatic heterocycles. The van der Waals surface area contributed by atoms with Crippen LogP contribution >= 0.6 is 0 Å². The number of hydrogen-bond donors (Lipinski definition) is 2. The summed E-state index contributed by atoms with van der Waals surface area (Å²) in [6.45, 7) is 4.02. The summed E-state index contributed by atoms with van der Waals surface area (Å²) in [7, 11) is 0. The Kier molecular flexibility index (Phi) is 3.97. The van der Waals surface area contributed by atoms with Crippen molar-refractivity contribution in [1.82, 2.24) is 14.6 Å². The van der Waals surface area contributed by atoms with E-state index in [9.17, 15) is 9.59 Å². The summed E-state index contributed by atoms with van der Waals surface area (Å²) in [5.41, 5.74) is 1.30. The van der Waals surface area contributed by atoms with Gasteiger partial charge in [0.05, 0.1) is 12.1 Å². The summed E-state index contributed by atoms with van der Waals surface area (Å²) < 4.78 is 1.82. The molecule has 0 atom stereocenters. The molecular weight excluding hydrogens is 260 g/mol. The molecule has 2 N–H and O–H groups in total. The minimum Gasteiger partial charge on any atom is -0.481 e. The number of nitrogens with one attached hydrogen (secondary N) is 1. The average molecular weight is 276 g/mol. The third-order valence-electron chi connectivity index (χ3n) is 2.79. The van der Waals surface area contributed by atoms with Crippen LogP contribution < -0.4 is 5.32 Å². The third kappa shape index (κ3) is 3.11. The van der Waals surface area contributed by atoms with E-state index in [1.54, 1.807) is 18.3 Å². The number of aliphatic carboxylic acids is 1. The van der Waals surface area contributed by atoms with Gasteiger partial charge in [-0.2, -0.15) is 0 Å². The first kappa shape index (κ1) is 14.0. The van der Waals surface area contributed by atoms with E-state index in [0.29, 0.717) is 11.3 Å². The highest BCUT2D eigenvalue weighted by Crippen LogP contribution is 2.16. The van der Waals surface area contributed by atoms with E-state index in [2.05, 4.69) is 15.5 Å². The molecule has 7 nitrogen and oxygen atoms in total. The minimum atomic E-state index is -0.989. The highest BCUT2D eigenvalue weighted by Gasteiger charge is 2.11. The predicted octanol–water partition coefficient (Wildman–Crippen LogP) is 1.66. The summed E-state index contributed by atoms with van der Waals surface area (Å²) in [4.78, 5) is 22.0. The molecule has 0 radical (unpaired) electrons. The van der Waals surface area contributed by atoms with Gasteiger partial charge in [0.25, 0.3) is 0 Å². The summed E-state index contributed by atoms with van der Waals surface area (Å²) in [5, 5.41) is 19.3. The first-order valence-corrected chi connectivity index (χ1v) is 6.33. The zero-order valence-electron chi connectivity index (χ0n) is 11.3. The van der Waals surface area contributed by atoms with Crippen LogP contribution in [0.4, 0.5) is 5.69 Å². The second-order valence-electron chi connectivity index (χ2n) is 4.80. The lowest BCUT2D eigenvalue weighted by molar-refractivity contribution is -0.138. The summed E-state index contributed by atoms with van der Waals surface area (Å²) in [6.07, 6.45) is 1.51.